The first kappa shape index (κ1) is 16.1. The Kier molecular flexibility index (Phi) is 3.96. The topological polar surface area (TPSA) is 38.1 Å². The molecule has 1 atom stereocenters. The number of benzene rings is 2. The van der Waals surface area contributed by atoms with Crippen LogP contribution in [0.25, 0.3) is 11.0 Å². The molecule has 0 aliphatic carbocycles. The Bertz CT molecular complexity index is 948. The van der Waals surface area contributed by atoms with Crippen molar-refractivity contribution in [2.75, 3.05) is 13.6 Å². The summed E-state index contributed by atoms with van der Waals surface area (Å²) >= 11 is 6.22. The normalized spacial score (nSPS) is 17.6. The summed E-state index contributed by atoms with van der Waals surface area (Å²) in [6.45, 7) is 0.906. The molecule has 0 saturated carbocycles. The van der Waals surface area contributed by atoms with Gasteiger partial charge in [-0.3, -0.25) is 4.79 Å². The van der Waals surface area contributed by atoms with Crippen LogP contribution in [-0.2, 0) is 11.3 Å². The maximum atomic E-state index is 14.3. The average Bonchev–Trinajstić information content (AvgIpc) is 3.12. The molecule has 0 N–H and O–H groups in total. The van der Waals surface area contributed by atoms with E-state index in [4.69, 9.17) is 16.6 Å². The third-order valence-corrected chi connectivity index (χ3v) is 5.12. The smallest absolute Gasteiger partial charge is 0.223 e. The highest BCUT2D eigenvalue weighted by Crippen LogP contribution is 2.31. The van der Waals surface area contributed by atoms with Gasteiger partial charge in [0.25, 0.3) is 0 Å². The zero-order chi connectivity index (χ0) is 17.6. The van der Waals surface area contributed by atoms with E-state index in [2.05, 4.69) is 0 Å². The van der Waals surface area contributed by atoms with Crippen molar-refractivity contribution in [1.82, 2.24) is 14.5 Å². The molecular weight excluding hydrogens is 341 g/mol. The summed E-state index contributed by atoms with van der Waals surface area (Å²) < 4.78 is 16.3. The molecule has 128 valence electrons. The van der Waals surface area contributed by atoms with Gasteiger partial charge in [-0.1, -0.05) is 29.8 Å². The van der Waals surface area contributed by atoms with Gasteiger partial charge in [0.05, 0.1) is 17.6 Å². The molecule has 2 heterocycles. The van der Waals surface area contributed by atoms with Crippen LogP contribution in [0.4, 0.5) is 4.39 Å². The lowest BCUT2D eigenvalue weighted by Gasteiger charge is -2.15. The van der Waals surface area contributed by atoms with Crippen LogP contribution in [0.1, 0.15) is 23.7 Å². The van der Waals surface area contributed by atoms with Crippen LogP contribution in [0.2, 0.25) is 5.02 Å². The molecule has 3 aromatic rings. The molecule has 25 heavy (non-hydrogen) atoms. The molecule has 4 rings (SSSR count). The fourth-order valence-electron chi connectivity index (χ4n) is 3.45. The van der Waals surface area contributed by atoms with Gasteiger partial charge >= 0.3 is 0 Å². The molecule has 1 aromatic heterocycles. The van der Waals surface area contributed by atoms with Gasteiger partial charge in [0.1, 0.15) is 11.6 Å². The molecule has 1 aliphatic heterocycles. The number of carbonyl (C=O) groups excluding carboxylic acids is 1. The average molecular weight is 358 g/mol. The molecule has 1 aliphatic rings. The van der Waals surface area contributed by atoms with Gasteiger partial charge in [0, 0.05) is 36.5 Å². The van der Waals surface area contributed by atoms with E-state index < -0.39 is 0 Å². The molecule has 1 fully saturated rings. The Hall–Kier alpha value is -2.40. The quantitative estimate of drug-likeness (QED) is 0.714. The SMILES string of the molecule is CN1C[C@@H](c2nc3ccccc3n2Cc2c(F)cccc2Cl)CC1=O. The van der Waals surface area contributed by atoms with E-state index in [-0.39, 0.29) is 24.2 Å². The molecule has 2 aromatic carbocycles. The van der Waals surface area contributed by atoms with Gasteiger partial charge in [-0.05, 0) is 24.3 Å². The van der Waals surface area contributed by atoms with E-state index in [9.17, 15) is 9.18 Å². The molecule has 6 heteroatoms. The highest BCUT2D eigenvalue weighted by atomic mass is 35.5. The summed E-state index contributed by atoms with van der Waals surface area (Å²) in [7, 11) is 1.79. The van der Waals surface area contributed by atoms with E-state index in [0.717, 1.165) is 16.9 Å². The highest BCUT2D eigenvalue weighted by molar-refractivity contribution is 6.31. The monoisotopic (exact) mass is 357 g/mol. The lowest BCUT2D eigenvalue weighted by Crippen LogP contribution is -2.19. The Morgan fingerprint density at radius 3 is 2.76 bits per heavy atom. The van der Waals surface area contributed by atoms with Crippen LogP contribution in [0.3, 0.4) is 0 Å². The molecule has 0 unspecified atom stereocenters. The first-order valence-corrected chi connectivity index (χ1v) is 8.54. The molecule has 1 saturated heterocycles. The number of rotatable bonds is 3. The predicted molar refractivity (Wildman–Crippen MR) is 95.2 cm³/mol. The fraction of sp³-hybridized carbons (Fsp3) is 0.263. The minimum Gasteiger partial charge on any atom is -0.345 e. The molecule has 4 nitrogen and oxygen atoms in total. The van der Waals surface area contributed by atoms with Crippen molar-refractivity contribution in [3.63, 3.8) is 0 Å². The highest BCUT2D eigenvalue weighted by Gasteiger charge is 2.32. The summed E-state index contributed by atoms with van der Waals surface area (Å²) in [5.41, 5.74) is 2.19. The zero-order valence-electron chi connectivity index (χ0n) is 13.7. The third kappa shape index (κ3) is 2.78. The number of hydrogen-bond acceptors (Lipinski definition) is 2. The number of amides is 1. The van der Waals surface area contributed by atoms with Crippen molar-refractivity contribution in [2.45, 2.75) is 18.9 Å². The number of carbonyl (C=O) groups is 1. The molecule has 0 radical (unpaired) electrons. The van der Waals surface area contributed by atoms with E-state index in [1.54, 1.807) is 24.1 Å². The number of nitrogens with zero attached hydrogens (tertiary/aromatic N) is 3. The van der Waals surface area contributed by atoms with Crippen molar-refractivity contribution < 1.29 is 9.18 Å². The van der Waals surface area contributed by atoms with Crippen molar-refractivity contribution in [2.24, 2.45) is 0 Å². The summed E-state index contributed by atoms with van der Waals surface area (Å²) in [5, 5.41) is 0.392. The van der Waals surface area contributed by atoms with Crippen LogP contribution in [0, 0.1) is 5.82 Å². The zero-order valence-corrected chi connectivity index (χ0v) is 14.5. The van der Waals surface area contributed by atoms with E-state index >= 15 is 0 Å². The van der Waals surface area contributed by atoms with Crippen molar-refractivity contribution in [3.05, 3.63) is 64.7 Å². The van der Waals surface area contributed by atoms with Crippen molar-refractivity contribution >= 4 is 28.5 Å². The van der Waals surface area contributed by atoms with Gasteiger partial charge in [-0.25, -0.2) is 9.37 Å². The Labute approximate surface area is 149 Å². The van der Waals surface area contributed by atoms with E-state index in [1.807, 2.05) is 28.8 Å². The second-order valence-corrected chi connectivity index (χ2v) is 6.83. The number of aromatic nitrogens is 2. The maximum absolute atomic E-state index is 14.3. The van der Waals surface area contributed by atoms with Gasteiger partial charge in [-0.2, -0.15) is 0 Å². The number of hydrogen-bond donors (Lipinski definition) is 0. The summed E-state index contributed by atoms with van der Waals surface area (Å²) in [4.78, 5) is 18.4. The first-order chi connectivity index (χ1) is 12.0. The lowest BCUT2D eigenvalue weighted by atomic mass is 10.1. The van der Waals surface area contributed by atoms with Gasteiger partial charge < -0.3 is 9.47 Å². The van der Waals surface area contributed by atoms with Gasteiger partial charge in [0.15, 0.2) is 0 Å². The van der Waals surface area contributed by atoms with Gasteiger partial charge in [-0.15, -0.1) is 0 Å². The second kappa shape index (κ2) is 6.15. The lowest BCUT2D eigenvalue weighted by molar-refractivity contribution is -0.126. The molecule has 0 bridgehead atoms. The number of imidazole rings is 1. The Morgan fingerprint density at radius 2 is 2.04 bits per heavy atom. The molecule has 0 spiro atoms. The van der Waals surface area contributed by atoms with Crippen LogP contribution in [0.5, 0.6) is 0 Å². The van der Waals surface area contributed by atoms with Crippen molar-refractivity contribution in [3.8, 4) is 0 Å². The predicted octanol–water partition coefficient (Wildman–Crippen LogP) is 3.82. The van der Waals surface area contributed by atoms with Crippen LogP contribution < -0.4 is 0 Å². The Morgan fingerprint density at radius 1 is 1.24 bits per heavy atom. The number of halogens is 2. The number of likely N-dealkylation sites (N-methyl/N-ethyl adjacent to an activating group) is 1. The minimum absolute atomic E-state index is 0.00421. The third-order valence-electron chi connectivity index (χ3n) is 4.77. The molecule has 1 amide bonds. The summed E-state index contributed by atoms with van der Waals surface area (Å²) in [6, 6.07) is 12.4. The van der Waals surface area contributed by atoms with Crippen LogP contribution in [-0.4, -0.2) is 34.0 Å². The largest absolute Gasteiger partial charge is 0.345 e. The maximum Gasteiger partial charge on any atom is 0.223 e. The Balaban J connectivity index is 1.84. The standard InChI is InChI=1S/C19H17ClFN3O/c1-23-10-12(9-18(23)25)19-22-16-7-2-3-8-17(16)24(19)11-13-14(20)5-4-6-15(13)21/h2-8,12H,9-11H2,1H3/t12-/m0/s1. The number of fused-ring (bicyclic) bond motifs is 1. The van der Waals surface area contributed by atoms with Crippen molar-refractivity contribution in [1.29, 1.82) is 0 Å². The van der Waals surface area contributed by atoms with Crippen LogP contribution >= 0.6 is 11.6 Å². The first-order valence-electron chi connectivity index (χ1n) is 8.16. The molecular formula is C19H17ClFN3O. The summed E-state index contributed by atoms with van der Waals surface area (Å²) in [5.74, 6) is 0.567. The minimum atomic E-state index is -0.337. The number of likely N-dealkylation sites (tertiary alicyclic amines) is 1. The summed E-state index contributed by atoms with van der Waals surface area (Å²) in [6.07, 6.45) is 0.421. The van der Waals surface area contributed by atoms with E-state index in [0.29, 0.717) is 23.6 Å². The number of para-hydroxylation sites is 2. The van der Waals surface area contributed by atoms with E-state index in [1.165, 1.54) is 6.07 Å². The second-order valence-electron chi connectivity index (χ2n) is 6.42. The van der Waals surface area contributed by atoms with Crippen LogP contribution in [0.15, 0.2) is 42.5 Å². The van der Waals surface area contributed by atoms with Gasteiger partial charge in [0.2, 0.25) is 5.91 Å². The fourth-order valence-corrected chi connectivity index (χ4v) is 3.67.